The summed E-state index contributed by atoms with van der Waals surface area (Å²) < 4.78 is 10.2. The van der Waals surface area contributed by atoms with Crippen molar-refractivity contribution < 1.29 is 14.1 Å². The second kappa shape index (κ2) is 9.01. The maximum Gasteiger partial charge on any atom is 0.337 e. The van der Waals surface area contributed by atoms with E-state index in [1.165, 1.54) is 19.1 Å². The standard InChI is InChI=1S/C23H25N3O3/c1-28-23(27)20-11-9-19(10-12-20)22-24-21(29-25-22)16-26-14-5-8-18(13-15-26)17-6-3-2-4-7-17/h2-4,6-7,9-12,18H,5,8,13-16H2,1H3. The topological polar surface area (TPSA) is 68.5 Å². The highest BCUT2D eigenvalue weighted by Crippen LogP contribution is 2.28. The number of aromatic nitrogens is 2. The van der Waals surface area contributed by atoms with E-state index in [-0.39, 0.29) is 5.97 Å². The Hall–Kier alpha value is -2.99. The Labute approximate surface area is 170 Å². The average molecular weight is 391 g/mol. The number of rotatable bonds is 5. The molecular weight excluding hydrogens is 366 g/mol. The first-order valence-electron chi connectivity index (χ1n) is 10.0. The molecule has 0 N–H and O–H groups in total. The lowest BCUT2D eigenvalue weighted by Crippen LogP contribution is -2.24. The molecule has 0 amide bonds. The van der Waals surface area contributed by atoms with Crippen LogP contribution in [0.15, 0.2) is 59.1 Å². The lowest BCUT2D eigenvalue weighted by molar-refractivity contribution is 0.0601. The van der Waals surface area contributed by atoms with Crippen LogP contribution in [0.5, 0.6) is 0 Å². The van der Waals surface area contributed by atoms with Crippen molar-refractivity contribution in [1.29, 1.82) is 0 Å². The molecule has 0 radical (unpaired) electrons. The number of hydrogen-bond donors (Lipinski definition) is 0. The van der Waals surface area contributed by atoms with Gasteiger partial charge in [0.1, 0.15) is 0 Å². The van der Waals surface area contributed by atoms with Crippen LogP contribution in [0.2, 0.25) is 0 Å². The molecule has 0 aliphatic carbocycles. The Bertz CT molecular complexity index is 938. The number of ether oxygens (including phenoxy) is 1. The SMILES string of the molecule is COC(=O)c1ccc(-c2noc(CN3CCCC(c4ccccc4)CC3)n2)cc1. The van der Waals surface area contributed by atoms with Crippen LogP contribution in [0, 0.1) is 0 Å². The number of methoxy groups -OCH3 is 1. The number of nitrogens with zero attached hydrogens (tertiary/aromatic N) is 3. The second-order valence-electron chi connectivity index (χ2n) is 7.40. The van der Waals surface area contributed by atoms with E-state index in [9.17, 15) is 4.79 Å². The molecule has 6 heteroatoms. The normalized spacial score (nSPS) is 17.6. The number of carbonyl (C=O) groups excluding carboxylic acids is 1. The number of carbonyl (C=O) groups is 1. The van der Waals surface area contributed by atoms with Crippen LogP contribution in [0.4, 0.5) is 0 Å². The smallest absolute Gasteiger partial charge is 0.337 e. The zero-order valence-electron chi connectivity index (χ0n) is 16.6. The molecule has 6 nitrogen and oxygen atoms in total. The molecule has 1 fully saturated rings. The summed E-state index contributed by atoms with van der Waals surface area (Å²) in [6.45, 7) is 2.72. The highest BCUT2D eigenvalue weighted by atomic mass is 16.5. The van der Waals surface area contributed by atoms with Crippen LogP contribution in [0.3, 0.4) is 0 Å². The van der Waals surface area contributed by atoms with Gasteiger partial charge in [0.05, 0.1) is 19.2 Å². The van der Waals surface area contributed by atoms with Crippen molar-refractivity contribution in [3.8, 4) is 11.4 Å². The summed E-state index contributed by atoms with van der Waals surface area (Å²) in [4.78, 5) is 18.5. The van der Waals surface area contributed by atoms with Crippen LogP contribution in [0.25, 0.3) is 11.4 Å². The van der Waals surface area contributed by atoms with Crippen molar-refractivity contribution in [1.82, 2.24) is 15.0 Å². The van der Waals surface area contributed by atoms with Crippen LogP contribution < -0.4 is 0 Å². The van der Waals surface area contributed by atoms with Gasteiger partial charge in [-0.15, -0.1) is 0 Å². The fraction of sp³-hybridized carbons (Fsp3) is 0.348. The summed E-state index contributed by atoms with van der Waals surface area (Å²) in [6, 6.07) is 17.8. The van der Waals surface area contributed by atoms with E-state index < -0.39 is 0 Å². The van der Waals surface area contributed by atoms with Crippen molar-refractivity contribution in [2.45, 2.75) is 31.7 Å². The van der Waals surface area contributed by atoms with Gasteiger partial charge >= 0.3 is 5.97 Å². The number of hydrogen-bond acceptors (Lipinski definition) is 6. The first-order valence-corrected chi connectivity index (χ1v) is 10.0. The molecule has 2 heterocycles. The van der Waals surface area contributed by atoms with E-state index in [1.54, 1.807) is 24.3 Å². The summed E-state index contributed by atoms with van der Waals surface area (Å²) in [5, 5.41) is 4.10. The Morgan fingerprint density at radius 3 is 2.66 bits per heavy atom. The molecule has 1 aromatic heterocycles. The lowest BCUT2D eigenvalue weighted by Gasteiger charge is -2.18. The van der Waals surface area contributed by atoms with E-state index >= 15 is 0 Å². The van der Waals surface area contributed by atoms with E-state index in [0.29, 0.717) is 29.7 Å². The van der Waals surface area contributed by atoms with Gasteiger partial charge in [-0.2, -0.15) is 4.98 Å². The molecule has 29 heavy (non-hydrogen) atoms. The molecule has 3 aromatic rings. The first kappa shape index (κ1) is 19.3. The summed E-state index contributed by atoms with van der Waals surface area (Å²) in [5.74, 6) is 1.41. The fourth-order valence-electron chi connectivity index (χ4n) is 3.87. The summed E-state index contributed by atoms with van der Waals surface area (Å²) in [7, 11) is 1.37. The molecule has 0 saturated carbocycles. The first-order chi connectivity index (χ1) is 14.2. The molecule has 2 aromatic carbocycles. The third-order valence-electron chi connectivity index (χ3n) is 5.48. The quantitative estimate of drug-likeness (QED) is 0.604. The minimum Gasteiger partial charge on any atom is -0.465 e. The van der Waals surface area contributed by atoms with Gasteiger partial charge in [0.15, 0.2) is 0 Å². The van der Waals surface area contributed by atoms with Gasteiger partial charge in [-0.25, -0.2) is 4.79 Å². The minimum atomic E-state index is -0.361. The zero-order chi connectivity index (χ0) is 20.1. The predicted molar refractivity (Wildman–Crippen MR) is 109 cm³/mol. The molecule has 1 aliphatic heterocycles. The zero-order valence-corrected chi connectivity index (χ0v) is 16.6. The van der Waals surface area contributed by atoms with Gasteiger partial charge < -0.3 is 9.26 Å². The molecule has 1 atom stereocenters. The third kappa shape index (κ3) is 4.71. The Morgan fingerprint density at radius 2 is 1.90 bits per heavy atom. The van der Waals surface area contributed by atoms with Gasteiger partial charge in [-0.05, 0) is 56.0 Å². The molecule has 0 spiro atoms. The molecule has 4 rings (SSSR count). The van der Waals surface area contributed by atoms with E-state index in [1.807, 2.05) is 0 Å². The molecule has 0 bridgehead atoms. The molecule has 150 valence electrons. The van der Waals surface area contributed by atoms with Crippen LogP contribution in [0.1, 0.15) is 47.0 Å². The fourth-order valence-corrected chi connectivity index (χ4v) is 3.87. The number of likely N-dealkylation sites (tertiary alicyclic amines) is 1. The van der Waals surface area contributed by atoms with Crippen molar-refractivity contribution >= 4 is 5.97 Å². The largest absolute Gasteiger partial charge is 0.465 e. The summed E-state index contributed by atoms with van der Waals surface area (Å²) in [6.07, 6.45) is 3.51. The molecule has 1 saturated heterocycles. The van der Waals surface area contributed by atoms with Crippen molar-refractivity contribution in [2.75, 3.05) is 20.2 Å². The minimum absolute atomic E-state index is 0.361. The van der Waals surface area contributed by atoms with Crippen LogP contribution in [-0.4, -0.2) is 41.2 Å². The second-order valence-corrected chi connectivity index (χ2v) is 7.40. The van der Waals surface area contributed by atoms with Gasteiger partial charge in [0.25, 0.3) is 0 Å². The van der Waals surface area contributed by atoms with Crippen molar-refractivity contribution in [2.24, 2.45) is 0 Å². The van der Waals surface area contributed by atoms with Crippen LogP contribution in [-0.2, 0) is 11.3 Å². The lowest BCUT2D eigenvalue weighted by atomic mass is 9.92. The van der Waals surface area contributed by atoms with Gasteiger partial charge in [-0.1, -0.05) is 47.6 Å². The molecular formula is C23H25N3O3. The molecule has 1 aliphatic rings. The van der Waals surface area contributed by atoms with Crippen molar-refractivity contribution in [3.05, 3.63) is 71.6 Å². The highest BCUT2D eigenvalue weighted by molar-refractivity contribution is 5.89. The van der Waals surface area contributed by atoms with Crippen molar-refractivity contribution in [3.63, 3.8) is 0 Å². The molecule has 1 unspecified atom stereocenters. The Kier molecular flexibility index (Phi) is 6.00. The maximum atomic E-state index is 11.6. The average Bonchev–Trinajstić information content (AvgIpc) is 3.11. The van der Waals surface area contributed by atoms with Crippen LogP contribution >= 0.6 is 0 Å². The number of esters is 1. The predicted octanol–water partition coefficient (Wildman–Crippen LogP) is 4.29. The van der Waals surface area contributed by atoms with E-state index in [4.69, 9.17) is 9.26 Å². The van der Waals surface area contributed by atoms with Gasteiger partial charge in [-0.3, -0.25) is 4.90 Å². The Balaban J connectivity index is 1.37. The Morgan fingerprint density at radius 1 is 1.10 bits per heavy atom. The summed E-state index contributed by atoms with van der Waals surface area (Å²) in [5.41, 5.74) is 2.75. The summed E-state index contributed by atoms with van der Waals surface area (Å²) >= 11 is 0. The highest BCUT2D eigenvalue weighted by Gasteiger charge is 2.20. The third-order valence-corrected chi connectivity index (χ3v) is 5.48. The number of benzene rings is 2. The van der Waals surface area contributed by atoms with Gasteiger partial charge in [0, 0.05) is 5.56 Å². The van der Waals surface area contributed by atoms with E-state index in [2.05, 4.69) is 45.4 Å². The maximum absolute atomic E-state index is 11.6. The van der Waals surface area contributed by atoms with Gasteiger partial charge in [0.2, 0.25) is 11.7 Å². The monoisotopic (exact) mass is 391 g/mol. The van der Waals surface area contributed by atoms with E-state index in [0.717, 1.165) is 31.5 Å².